The van der Waals surface area contributed by atoms with Gasteiger partial charge < -0.3 is 9.64 Å². The van der Waals surface area contributed by atoms with Crippen molar-refractivity contribution in [1.82, 2.24) is 14.1 Å². The zero-order valence-electron chi connectivity index (χ0n) is 18.8. The highest BCUT2D eigenvalue weighted by Gasteiger charge is 2.31. The Morgan fingerprint density at radius 1 is 1.10 bits per heavy atom. The first-order valence-corrected chi connectivity index (χ1v) is 13.5. The van der Waals surface area contributed by atoms with Gasteiger partial charge in [0.1, 0.15) is 5.69 Å². The molecule has 0 unspecified atom stereocenters. The molecule has 1 aromatic rings. The Morgan fingerprint density at radius 3 is 2.42 bits per heavy atom. The molecule has 2 atom stereocenters. The molecule has 9 heteroatoms. The summed E-state index contributed by atoms with van der Waals surface area (Å²) in [5.41, 5.74) is 0.580. The summed E-state index contributed by atoms with van der Waals surface area (Å²) in [6.07, 6.45) is 9.73. The van der Waals surface area contributed by atoms with Gasteiger partial charge in [0, 0.05) is 26.2 Å². The molecule has 1 saturated heterocycles. The largest absolute Gasteiger partial charge is 0.483 e. The smallest absolute Gasteiger partial charge is 0.311 e. The first kappa shape index (κ1) is 22.6. The van der Waals surface area contributed by atoms with E-state index in [2.05, 4.69) is 16.9 Å². The number of nitrogens with zero attached hydrogens (tertiary/aromatic N) is 4. The van der Waals surface area contributed by atoms with Crippen molar-refractivity contribution in [2.24, 2.45) is 5.92 Å². The molecule has 0 bridgehead atoms. The fourth-order valence-electron chi connectivity index (χ4n) is 5.21. The number of hydrogen-bond donors (Lipinski definition) is 0. The fourth-order valence-corrected chi connectivity index (χ4v) is 6.70. The third-order valence-corrected chi connectivity index (χ3v) is 9.05. The molecule has 4 rings (SSSR count). The molecule has 3 fully saturated rings. The Morgan fingerprint density at radius 2 is 1.81 bits per heavy atom. The molecule has 2 saturated carbocycles. The van der Waals surface area contributed by atoms with Gasteiger partial charge in [0.2, 0.25) is 15.8 Å². The van der Waals surface area contributed by atoms with Crippen LogP contribution >= 0.6 is 0 Å². The summed E-state index contributed by atoms with van der Waals surface area (Å²) in [5, 5.41) is 4.53. The number of ether oxygens (including phenoxy) is 1. The van der Waals surface area contributed by atoms with Crippen LogP contribution in [0.5, 0.6) is 5.75 Å². The second-order valence-corrected chi connectivity index (χ2v) is 11.5. The predicted octanol–water partition coefficient (Wildman–Crippen LogP) is 2.79. The molecule has 1 aromatic heterocycles. The quantitative estimate of drug-likeness (QED) is 0.632. The summed E-state index contributed by atoms with van der Waals surface area (Å²) < 4.78 is 34.4. The van der Waals surface area contributed by atoms with E-state index in [-0.39, 0.29) is 23.5 Å². The van der Waals surface area contributed by atoms with E-state index in [4.69, 9.17) is 4.74 Å². The van der Waals surface area contributed by atoms with Gasteiger partial charge >= 0.3 is 5.56 Å². The minimum Gasteiger partial charge on any atom is -0.483 e. The lowest BCUT2D eigenvalue weighted by molar-refractivity contribution is 0.199. The third kappa shape index (κ3) is 4.92. The summed E-state index contributed by atoms with van der Waals surface area (Å²) >= 11 is 0. The van der Waals surface area contributed by atoms with Crippen molar-refractivity contribution < 1.29 is 13.2 Å². The van der Waals surface area contributed by atoms with Gasteiger partial charge in [-0.15, -0.1) is 0 Å². The van der Waals surface area contributed by atoms with Gasteiger partial charge in [0.25, 0.3) is 0 Å². The first-order valence-electron chi connectivity index (χ1n) is 11.9. The Labute approximate surface area is 185 Å². The van der Waals surface area contributed by atoms with Crippen LogP contribution in [-0.4, -0.2) is 60.5 Å². The molecule has 8 nitrogen and oxygen atoms in total. The number of rotatable bonds is 7. The lowest BCUT2D eigenvalue weighted by atomic mass is 10.1. The lowest BCUT2D eigenvalue weighted by Gasteiger charge is -2.36. The third-order valence-electron chi connectivity index (χ3n) is 6.98. The Hall–Kier alpha value is -1.61. The van der Waals surface area contributed by atoms with E-state index in [1.807, 2.05) is 6.92 Å². The van der Waals surface area contributed by atoms with Crippen LogP contribution in [0.2, 0.25) is 0 Å². The monoisotopic (exact) mass is 452 g/mol. The zero-order chi connectivity index (χ0) is 22.0. The van der Waals surface area contributed by atoms with Crippen LogP contribution in [0.4, 0.5) is 5.69 Å². The van der Waals surface area contributed by atoms with E-state index in [0.29, 0.717) is 50.0 Å². The maximum absolute atomic E-state index is 13.4. The van der Waals surface area contributed by atoms with Crippen molar-refractivity contribution in [3.63, 3.8) is 0 Å². The van der Waals surface area contributed by atoms with E-state index in [0.717, 1.165) is 44.9 Å². The molecular weight excluding hydrogens is 416 g/mol. The van der Waals surface area contributed by atoms with Crippen LogP contribution in [0.25, 0.3) is 0 Å². The van der Waals surface area contributed by atoms with E-state index in [1.165, 1.54) is 0 Å². The molecular formula is C22H36N4O4S. The van der Waals surface area contributed by atoms with Gasteiger partial charge in [-0.1, -0.05) is 26.7 Å². The standard InChI is InChI=1S/C22H36N4O4S/c1-3-14-31(28,29)25-12-10-24(11-13-25)20-16-23-26(18-6-4-5-7-18)22(27)21(20)30-19-9-8-17(2)15-19/h16-19H,3-15H2,1-2H3/t17-,19-/m0/s1. The highest BCUT2D eigenvalue weighted by atomic mass is 32.2. The molecule has 2 heterocycles. The van der Waals surface area contributed by atoms with Crippen molar-refractivity contribution in [3.05, 3.63) is 16.6 Å². The summed E-state index contributed by atoms with van der Waals surface area (Å²) in [5.74, 6) is 1.20. The van der Waals surface area contributed by atoms with Crippen LogP contribution in [0, 0.1) is 5.92 Å². The number of anilines is 1. The maximum Gasteiger partial charge on any atom is 0.311 e. The van der Waals surface area contributed by atoms with Gasteiger partial charge in [0.15, 0.2) is 0 Å². The Balaban J connectivity index is 1.58. The van der Waals surface area contributed by atoms with Gasteiger partial charge in [-0.2, -0.15) is 9.40 Å². The topological polar surface area (TPSA) is 84.7 Å². The van der Waals surface area contributed by atoms with E-state index >= 15 is 0 Å². The molecule has 174 valence electrons. The number of aromatic nitrogens is 2. The number of piperazine rings is 1. The van der Waals surface area contributed by atoms with Gasteiger partial charge in [-0.25, -0.2) is 13.1 Å². The van der Waals surface area contributed by atoms with Crippen LogP contribution < -0.4 is 15.2 Å². The van der Waals surface area contributed by atoms with Crippen LogP contribution in [0.1, 0.15) is 71.3 Å². The fraction of sp³-hybridized carbons (Fsp3) is 0.818. The van der Waals surface area contributed by atoms with Crippen molar-refractivity contribution in [3.8, 4) is 5.75 Å². The minimum absolute atomic E-state index is 0.0621. The van der Waals surface area contributed by atoms with Crippen molar-refractivity contribution in [2.45, 2.75) is 77.4 Å². The minimum atomic E-state index is -3.21. The molecule has 0 radical (unpaired) electrons. The average Bonchev–Trinajstić information content (AvgIpc) is 3.41. The van der Waals surface area contributed by atoms with Gasteiger partial charge in [0.05, 0.1) is 24.1 Å². The molecule has 0 spiro atoms. The van der Waals surface area contributed by atoms with Crippen LogP contribution in [0.3, 0.4) is 0 Å². The molecule has 31 heavy (non-hydrogen) atoms. The maximum atomic E-state index is 13.4. The van der Waals surface area contributed by atoms with E-state index in [1.54, 1.807) is 15.2 Å². The van der Waals surface area contributed by atoms with E-state index in [9.17, 15) is 13.2 Å². The second-order valence-electron chi connectivity index (χ2n) is 9.41. The first-order chi connectivity index (χ1) is 14.9. The highest BCUT2D eigenvalue weighted by Crippen LogP contribution is 2.34. The van der Waals surface area contributed by atoms with Crippen LogP contribution in [0.15, 0.2) is 11.0 Å². The highest BCUT2D eigenvalue weighted by molar-refractivity contribution is 7.89. The second kappa shape index (κ2) is 9.48. The lowest BCUT2D eigenvalue weighted by Crippen LogP contribution is -2.49. The van der Waals surface area contributed by atoms with Crippen LogP contribution in [-0.2, 0) is 10.0 Å². The molecule has 3 aliphatic rings. The molecule has 0 aromatic carbocycles. The zero-order valence-corrected chi connectivity index (χ0v) is 19.6. The van der Waals surface area contributed by atoms with Crippen molar-refractivity contribution >= 4 is 15.7 Å². The van der Waals surface area contributed by atoms with Crippen molar-refractivity contribution in [1.29, 1.82) is 0 Å². The molecule has 0 N–H and O–H groups in total. The summed E-state index contributed by atoms with van der Waals surface area (Å²) in [6.45, 7) is 6.03. The molecule has 2 aliphatic carbocycles. The summed E-state index contributed by atoms with van der Waals surface area (Å²) in [7, 11) is -3.21. The molecule has 0 amide bonds. The SMILES string of the molecule is CCCS(=O)(=O)N1CCN(c2cnn(C3CCCC3)c(=O)c2O[C@H]2CC[C@H](C)C2)CC1. The predicted molar refractivity (Wildman–Crippen MR) is 121 cm³/mol. The van der Waals surface area contributed by atoms with Gasteiger partial charge in [-0.3, -0.25) is 4.79 Å². The number of hydrogen-bond acceptors (Lipinski definition) is 6. The van der Waals surface area contributed by atoms with Gasteiger partial charge in [-0.05, 0) is 44.4 Å². The average molecular weight is 453 g/mol. The normalized spacial score (nSPS) is 25.9. The van der Waals surface area contributed by atoms with E-state index < -0.39 is 10.0 Å². The van der Waals surface area contributed by atoms with Crippen molar-refractivity contribution in [2.75, 3.05) is 36.8 Å². The number of sulfonamides is 1. The summed E-state index contributed by atoms with van der Waals surface area (Å²) in [4.78, 5) is 15.5. The molecule has 1 aliphatic heterocycles. The Bertz CT molecular complexity index is 918. The Kier molecular flexibility index (Phi) is 6.91. The summed E-state index contributed by atoms with van der Waals surface area (Å²) in [6, 6.07) is 0.155.